The Morgan fingerprint density at radius 1 is 1.50 bits per heavy atom. The zero-order valence-corrected chi connectivity index (χ0v) is 9.41. The van der Waals surface area contributed by atoms with Crippen molar-refractivity contribution in [2.45, 2.75) is 13.0 Å². The first-order valence-electron chi connectivity index (χ1n) is 4.85. The van der Waals surface area contributed by atoms with Crippen molar-refractivity contribution < 1.29 is 4.79 Å². The predicted molar refractivity (Wildman–Crippen MR) is 62.3 cm³/mol. The molecule has 0 aliphatic rings. The minimum absolute atomic E-state index is 0.0707. The van der Waals surface area contributed by atoms with Crippen LogP contribution < -0.4 is 5.73 Å². The van der Waals surface area contributed by atoms with Crippen LogP contribution in [0.2, 0.25) is 0 Å². The van der Waals surface area contributed by atoms with E-state index < -0.39 is 0 Å². The maximum atomic E-state index is 11.9. The summed E-state index contributed by atoms with van der Waals surface area (Å²) in [7, 11) is 0. The van der Waals surface area contributed by atoms with Gasteiger partial charge in [0.2, 0.25) is 0 Å². The van der Waals surface area contributed by atoms with Crippen molar-refractivity contribution in [3.05, 3.63) is 46.2 Å². The lowest BCUT2D eigenvalue weighted by Crippen LogP contribution is -2.06. The van der Waals surface area contributed by atoms with Gasteiger partial charge in [-0.2, -0.15) is 0 Å². The Kier molecular flexibility index (Phi) is 3.38. The van der Waals surface area contributed by atoms with Gasteiger partial charge in [-0.05, 0) is 12.1 Å². The second-order valence-electron chi connectivity index (χ2n) is 3.31. The third-order valence-electron chi connectivity index (χ3n) is 2.17. The molecule has 0 spiro atoms. The third-order valence-corrected chi connectivity index (χ3v) is 2.95. The molecule has 4 nitrogen and oxygen atoms in total. The van der Waals surface area contributed by atoms with Crippen LogP contribution in [-0.4, -0.2) is 15.8 Å². The van der Waals surface area contributed by atoms with Crippen molar-refractivity contribution in [2.24, 2.45) is 5.73 Å². The van der Waals surface area contributed by atoms with Crippen molar-refractivity contribution in [3.8, 4) is 0 Å². The molecular weight excluding hydrogens is 222 g/mol. The lowest BCUT2D eigenvalue weighted by atomic mass is 10.1. The summed E-state index contributed by atoms with van der Waals surface area (Å²) in [5.41, 5.74) is 8.58. The summed E-state index contributed by atoms with van der Waals surface area (Å²) < 4.78 is 0. The third kappa shape index (κ3) is 2.50. The van der Waals surface area contributed by atoms with Crippen molar-refractivity contribution in [3.63, 3.8) is 0 Å². The Labute approximate surface area is 97.2 Å². The van der Waals surface area contributed by atoms with Gasteiger partial charge in [-0.25, -0.2) is 0 Å². The van der Waals surface area contributed by atoms with Gasteiger partial charge in [0.1, 0.15) is 0 Å². The molecule has 0 saturated carbocycles. The molecule has 0 aliphatic heterocycles. The maximum absolute atomic E-state index is 11.9. The molecule has 0 aliphatic carbocycles. The molecule has 0 saturated heterocycles. The number of rotatable bonds is 4. The molecule has 2 heterocycles. The van der Waals surface area contributed by atoms with Crippen LogP contribution in [0.4, 0.5) is 0 Å². The second kappa shape index (κ2) is 4.96. The van der Waals surface area contributed by atoms with E-state index in [4.69, 9.17) is 5.73 Å². The average Bonchev–Trinajstić information content (AvgIpc) is 2.82. The van der Waals surface area contributed by atoms with Crippen molar-refractivity contribution in [1.29, 1.82) is 0 Å². The van der Waals surface area contributed by atoms with Crippen LogP contribution in [-0.2, 0) is 13.0 Å². The molecule has 0 aromatic carbocycles. The number of ketones is 1. The minimum atomic E-state index is 0.0707. The molecule has 0 unspecified atom stereocenters. The van der Waals surface area contributed by atoms with Crippen LogP contribution in [0.3, 0.4) is 0 Å². The van der Waals surface area contributed by atoms with Crippen LogP contribution in [0.5, 0.6) is 0 Å². The summed E-state index contributed by atoms with van der Waals surface area (Å²) in [6, 6.07) is 3.45. The normalized spacial score (nSPS) is 10.3. The molecule has 0 fully saturated rings. The number of Topliss-reactive ketones (excluding diaryl/α,β-unsaturated/α-hetero) is 1. The van der Waals surface area contributed by atoms with E-state index in [9.17, 15) is 4.79 Å². The van der Waals surface area contributed by atoms with Crippen LogP contribution in [0.25, 0.3) is 0 Å². The van der Waals surface area contributed by atoms with E-state index in [1.165, 1.54) is 11.3 Å². The molecule has 16 heavy (non-hydrogen) atoms. The summed E-state index contributed by atoms with van der Waals surface area (Å²) in [4.78, 5) is 20.8. The first-order chi connectivity index (χ1) is 7.79. The Balaban J connectivity index is 2.14. The van der Waals surface area contributed by atoms with Crippen LogP contribution in [0.1, 0.15) is 20.9 Å². The van der Waals surface area contributed by atoms with Gasteiger partial charge in [-0.3, -0.25) is 14.8 Å². The first-order valence-corrected chi connectivity index (χ1v) is 5.73. The molecule has 0 amide bonds. The van der Waals surface area contributed by atoms with Crippen LogP contribution >= 0.6 is 11.3 Å². The van der Waals surface area contributed by atoms with E-state index in [2.05, 4.69) is 9.97 Å². The predicted octanol–water partition coefficient (Wildman–Crippen LogP) is 1.42. The van der Waals surface area contributed by atoms with Crippen molar-refractivity contribution in [1.82, 2.24) is 9.97 Å². The minimum Gasteiger partial charge on any atom is -0.325 e. The largest absolute Gasteiger partial charge is 0.325 e. The fourth-order valence-corrected chi connectivity index (χ4v) is 1.95. The first kappa shape index (κ1) is 10.9. The molecule has 0 radical (unpaired) electrons. The van der Waals surface area contributed by atoms with Crippen LogP contribution in [0.15, 0.2) is 30.0 Å². The zero-order valence-electron chi connectivity index (χ0n) is 8.59. The van der Waals surface area contributed by atoms with Gasteiger partial charge in [0.05, 0.1) is 11.2 Å². The Morgan fingerprint density at radius 3 is 3.06 bits per heavy atom. The number of pyridine rings is 1. The van der Waals surface area contributed by atoms with Gasteiger partial charge in [0, 0.05) is 35.8 Å². The number of carbonyl (C=O) groups is 1. The molecule has 2 rings (SSSR count). The summed E-state index contributed by atoms with van der Waals surface area (Å²) in [5, 5.41) is 0. The van der Waals surface area contributed by atoms with Gasteiger partial charge in [-0.15, -0.1) is 11.3 Å². The Hall–Kier alpha value is -1.59. The molecule has 2 aromatic rings. The highest BCUT2D eigenvalue weighted by molar-refractivity contribution is 7.09. The standard InChI is InChI=1S/C11H11N3OS/c12-5-9-3-8(1-2-14-9)11(15)4-10-6-13-7-16-10/h1-3,6-7H,4-5,12H2. The number of aromatic nitrogens is 2. The van der Waals surface area contributed by atoms with Crippen molar-refractivity contribution >= 4 is 17.1 Å². The number of nitrogens with two attached hydrogens (primary N) is 1. The highest BCUT2D eigenvalue weighted by Crippen LogP contribution is 2.11. The quantitative estimate of drug-likeness (QED) is 0.811. The fraction of sp³-hybridized carbons (Fsp3) is 0.182. The number of hydrogen-bond acceptors (Lipinski definition) is 5. The summed E-state index contributed by atoms with van der Waals surface area (Å²) >= 11 is 1.48. The summed E-state index contributed by atoms with van der Waals surface area (Å²) in [5.74, 6) is 0.0707. The molecule has 2 aromatic heterocycles. The molecule has 2 N–H and O–H groups in total. The number of hydrogen-bond donors (Lipinski definition) is 1. The van der Waals surface area contributed by atoms with E-state index in [-0.39, 0.29) is 5.78 Å². The van der Waals surface area contributed by atoms with E-state index in [0.717, 1.165) is 10.6 Å². The van der Waals surface area contributed by atoms with Gasteiger partial charge in [0.15, 0.2) is 5.78 Å². The highest BCUT2D eigenvalue weighted by atomic mass is 32.1. The average molecular weight is 233 g/mol. The monoisotopic (exact) mass is 233 g/mol. The molecule has 0 atom stereocenters. The number of thiazole rings is 1. The zero-order chi connectivity index (χ0) is 11.4. The van der Waals surface area contributed by atoms with Gasteiger partial charge in [0.25, 0.3) is 0 Å². The Bertz CT molecular complexity index is 482. The van der Waals surface area contributed by atoms with Gasteiger partial charge in [-0.1, -0.05) is 0 Å². The van der Waals surface area contributed by atoms with E-state index in [1.54, 1.807) is 30.0 Å². The van der Waals surface area contributed by atoms with Gasteiger partial charge >= 0.3 is 0 Å². The molecule has 82 valence electrons. The smallest absolute Gasteiger partial charge is 0.168 e. The summed E-state index contributed by atoms with van der Waals surface area (Å²) in [6.45, 7) is 0.349. The summed E-state index contributed by atoms with van der Waals surface area (Å²) in [6.07, 6.45) is 3.72. The molecular formula is C11H11N3OS. The topological polar surface area (TPSA) is 68.9 Å². The van der Waals surface area contributed by atoms with Crippen molar-refractivity contribution in [2.75, 3.05) is 0 Å². The lowest BCUT2D eigenvalue weighted by molar-refractivity contribution is 0.0993. The molecule has 0 bridgehead atoms. The van der Waals surface area contributed by atoms with E-state index >= 15 is 0 Å². The van der Waals surface area contributed by atoms with Gasteiger partial charge < -0.3 is 5.73 Å². The van der Waals surface area contributed by atoms with E-state index in [1.807, 2.05) is 0 Å². The molecule has 5 heteroatoms. The maximum Gasteiger partial charge on any atom is 0.168 e. The lowest BCUT2D eigenvalue weighted by Gasteiger charge is -2.01. The number of nitrogens with zero attached hydrogens (tertiary/aromatic N) is 2. The SMILES string of the molecule is NCc1cc(C(=O)Cc2cncs2)ccn1. The second-order valence-corrected chi connectivity index (χ2v) is 4.28. The fourth-order valence-electron chi connectivity index (χ4n) is 1.35. The number of carbonyl (C=O) groups excluding carboxylic acids is 1. The van der Waals surface area contributed by atoms with Crippen LogP contribution in [0, 0.1) is 0 Å². The Morgan fingerprint density at radius 2 is 2.38 bits per heavy atom. The van der Waals surface area contributed by atoms with E-state index in [0.29, 0.717) is 18.5 Å². The highest BCUT2D eigenvalue weighted by Gasteiger charge is 2.08.